The smallest absolute Gasteiger partial charge is 0.165 e. The maximum absolute atomic E-state index is 13.4. The van der Waals surface area contributed by atoms with Crippen molar-refractivity contribution >= 4 is 0 Å². The van der Waals surface area contributed by atoms with Crippen LogP contribution in [0.1, 0.15) is 38.0 Å². The van der Waals surface area contributed by atoms with E-state index in [0.717, 1.165) is 5.56 Å². The van der Waals surface area contributed by atoms with Crippen LogP contribution in [-0.2, 0) is 5.41 Å². The average Bonchev–Trinajstić information content (AvgIpc) is 2.45. The molecule has 0 aromatic heterocycles. The summed E-state index contributed by atoms with van der Waals surface area (Å²) in [6, 6.07) is 14.0. The van der Waals surface area contributed by atoms with E-state index in [-0.39, 0.29) is 17.8 Å². The summed E-state index contributed by atoms with van der Waals surface area (Å²) in [6.07, 6.45) is -0.779. The topological polar surface area (TPSA) is 29.5 Å². The quantitative estimate of drug-likeness (QED) is 0.912. The summed E-state index contributed by atoms with van der Waals surface area (Å²) in [5.74, 6) is -0.268. The van der Waals surface area contributed by atoms with E-state index in [2.05, 4.69) is 20.8 Å². The maximum Gasteiger partial charge on any atom is 0.165 e. The zero-order valence-electron chi connectivity index (χ0n) is 12.6. The van der Waals surface area contributed by atoms with Gasteiger partial charge in [-0.15, -0.1) is 0 Å². The molecule has 0 spiro atoms. The second-order valence-corrected chi connectivity index (χ2v) is 6.13. The number of para-hydroxylation sites is 1. The first-order chi connectivity index (χ1) is 9.88. The van der Waals surface area contributed by atoms with Crippen LogP contribution in [0.3, 0.4) is 0 Å². The molecule has 0 heterocycles. The first kappa shape index (κ1) is 15.5. The first-order valence-electron chi connectivity index (χ1n) is 7.04. The molecule has 0 aliphatic heterocycles. The predicted molar refractivity (Wildman–Crippen MR) is 82.0 cm³/mol. The Hall–Kier alpha value is -1.87. The molecule has 0 saturated heterocycles. The van der Waals surface area contributed by atoms with Gasteiger partial charge in [0, 0.05) is 0 Å². The van der Waals surface area contributed by atoms with Crippen LogP contribution in [0.25, 0.3) is 0 Å². The van der Waals surface area contributed by atoms with Crippen LogP contribution in [0.15, 0.2) is 48.5 Å². The highest BCUT2D eigenvalue weighted by atomic mass is 19.1. The summed E-state index contributed by atoms with van der Waals surface area (Å²) in [4.78, 5) is 0. The zero-order chi connectivity index (χ0) is 15.5. The predicted octanol–water partition coefficient (Wildman–Crippen LogP) is 4.24. The molecule has 2 aromatic carbocycles. The Morgan fingerprint density at radius 2 is 1.67 bits per heavy atom. The van der Waals surface area contributed by atoms with Gasteiger partial charge in [0.1, 0.15) is 12.7 Å². The van der Waals surface area contributed by atoms with Crippen molar-refractivity contribution in [3.05, 3.63) is 65.5 Å². The lowest BCUT2D eigenvalue weighted by Crippen LogP contribution is -2.13. The third kappa shape index (κ3) is 4.05. The number of benzene rings is 2. The Balaban J connectivity index is 2.01. The molecule has 2 rings (SSSR count). The van der Waals surface area contributed by atoms with Gasteiger partial charge >= 0.3 is 0 Å². The van der Waals surface area contributed by atoms with Crippen LogP contribution in [0, 0.1) is 5.82 Å². The van der Waals surface area contributed by atoms with Crippen molar-refractivity contribution in [1.82, 2.24) is 0 Å². The SMILES string of the molecule is CC(C)(C)c1ccc(C(O)COc2ccccc2F)cc1. The number of ether oxygens (including phenoxy) is 1. The van der Waals surface area contributed by atoms with Crippen molar-refractivity contribution in [2.45, 2.75) is 32.3 Å². The second kappa shape index (κ2) is 6.27. The number of hydrogen-bond donors (Lipinski definition) is 1. The summed E-state index contributed by atoms with van der Waals surface area (Å²) in [5, 5.41) is 10.1. The second-order valence-electron chi connectivity index (χ2n) is 6.13. The zero-order valence-corrected chi connectivity index (χ0v) is 12.6. The average molecular weight is 288 g/mol. The van der Waals surface area contributed by atoms with E-state index in [1.807, 2.05) is 24.3 Å². The highest BCUT2D eigenvalue weighted by molar-refractivity contribution is 5.29. The van der Waals surface area contributed by atoms with Crippen LogP contribution in [-0.4, -0.2) is 11.7 Å². The van der Waals surface area contributed by atoms with E-state index in [4.69, 9.17) is 4.74 Å². The fourth-order valence-electron chi connectivity index (χ4n) is 2.03. The van der Waals surface area contributed by atoms with E-state index < -0.39 is 11.9 Å². The van der Waals surface area contributed by atoms with Gasteiger partial charge in [-0.1, -0.05) is 57.2 Å². The lowest BCUT2D eigenvalue weighted by molar-refractivity contribution is 0.106. The minimum absolute atomic E-state index is 0.0236. The van der Waals surface area contributed by atoms with Crippen molar-refractivity contribution < 1.29 is 14.2 Å². The molecule has 112 valence electrons. The highest BCUT2D eigenvalue weighted by Crippen LogP contribution is 2.24. The van der Waals surface area contributed by atoms with Gasteiger partial charge in [-0.2, -0.15) is 0 Å². The fraction of sp³-hybridized carbons (Fsp3) is 0.333. The number of aliphatic hydroxyl groups is 1. The van der Waals surface area contributed by atoms with Gasteiger partial charge < -0.3 is 9.84 Å². The highest BCUT2D eigenvalue weighted by Gasteiger charge is 2.15. The number of hydrogen-bond acceptors (Lipinski definition) is 2. The third-order valence-electron chi connectivity index (χ3n) is 3.39. The van der Waals surface area contributed by atoms with Crippen molar-refractivity contribution in [2.24, 2.45) is 0 Å². The van der Waals surface area contributed by atoms with Gasteiger partial charge in [0.2, 0.25) is 0 Å². The largest absolute Gasteiger partial charge is 0.487 e. The van der Waals surface area contributed by atoms with Crippen LogP contribution in [0.5, 0.6) is 5.75 Å². The standard InChI is InChI=1S/C18H21FO2/c1-18(2,3)14-10-8-13(9-11-14)16(20)12-21-17-7-5-4-6-15(17)19/h4-11,16,20H,12H2,1-3H3. The molecule has 0 saturated carbocycles. The third-order valence-corrected chi connectivity index (χ3v) is 3.39. The van der Waals surface area contributed by atoms with Gasteiger partial charge in [0.15, 0.2) is 11.6 Å². The molecule has 0 fully saturated rings. The Kier molecular flexibility index (Phi) is 4.63. The summed E-state index contributed by atoms with van der Waals surface area (Å²) >= 11 is 0. The van der Waals surface area contributed by atoms with Gasteiger partial charge in [-0.05, 0) is 28.7 Å². The molecule has 0 radical (unpaired) electrons. The van der Waals surface area contributed by atoms with Crippen molar-refractivity contribution in [3.63, 3.8) is 0 Å². The molecule has 0 aliphatic rings. The van der Waals surface area contributed by atoms with Gasteiger partial charge in [-0.3, -0.25) is 0 Å². The number of halogens is 1. The van der Waals surface area contributed by atoms with E-state index in [1.54, 1.807) is 18.2 Å². The molecule has 2 nitrogen and oxygen atoms in total. The van der Waals surface area contributed by atoms with E-state index >= 15 is 0 Å². The van der Waals surface area contributed by atoms with Crippen molar-refractivity contribution in [2.75, 3.05) is 6.61 Å². The molecule has 0 amide bonds. The van der Waals surface area contributed by atoms with E-state index in [0.29, 0.717) is 0 Å². The van der Waals surface area contributed by atoms with Crippen molar-refractivity contribution in [1.29, 1.82) is 0 Å². The van der Waals surface area contributed by atoms with Gasteiger partial charge in [0.05, 0.1) is 0 Å². The summed E-state index contributed by atoms with van der Waals surface area (Å²) in [6.45, 7) is 6.44. The molecule has 0 bridgehead atoms. The molecule has 1 unspecified atom stereocenters. The first-order valence-corrected chi connectivity index (χ1v) is 7.04. The molecular formula is C18H21FO2. The molecule has 1 atom stereocenters. The van der Waals surface area contributed by atoms with E-state index in [1.165, 1.54) is 11.6 Å². The summed E-state index contributed by atoms with van der Waals surface area (Å²) in [7, 11) is 0. The van der Waals surface area contributed by atoms with E-state index in [9.17, 15) is 9.50 Å². The molecule has 0 aliphatic carbocycles. The fourth-order valence-corrected chi connectivity index (χ4v) is 2.03. The lowest BCUT2D eigenvalue weighted by atomic mass is 9.86. The minimum Gasteiger partial charge on any atom is -0.487 e. The molecule has 21 heavy (non-hydrogen) atoms. The molecule has 3 heteroatoms. The summed E-state index contributed by atoms with van der Waals surface area (Å²) < 4.78 is 18.7. The summed E-state index contributed by atoms with van der Waals surface area (Å²) in [5.41, 5.74) is 2.04. The Labute approximate surface area is 125 Å². The maximum atomic E-state index is 13.4. The lowest BCUT2D eigenvalue weighted by Gasteiger charge is -2.20. The van der Waals surface area contributed by atoms with Crippen molar-refractivity contribution in [3.8, 4) is 5.75 Å². The minimum atomic E-state index is -0.779. The van der Waals surface area contributed by atoms with Crippen LogP contribution < -0.4 is 4.74 Å². The van der Waals surface area contributed by atoms with Crippen LogP contribution in [0.2, 0.25) is 0 Å². The molecule has 1 N–H and O–H groups in total. The number of rotatable bonds is 4. The Morgan fingerprint density at radius 1 is 1.05 bits per heavy atom. The van der Waals surface area contributed by atoms with Gasteiger partial charge in [0.25, 0.3) is 0 Å². The number of aliphatic hydroxyl groups excluding tert-OH is 1. The monoisotopic (exact) mass is 288 g/mol. The van der Waals surface area contributed by atoms with Crippen LogP contribution >= 0.6 is 0 Å². The van der Waals surface area contributed by atoms with Gasteiger partial charge in [-0.25, -0.2) is 4.39 Å². The molecular weight excluding hydrogens is 267 g/mol. The Morgan fingerprint density at radius 3 is 2.24 bits per heavy atom. The normalized spacial score (nSPS) is 13.0. The molecule has 2 aromatic rings. The Bertz CT molecular complexity index is 585. The van der Waals surface area contributed by atoms with Crippen LogP contribution in [0.4, 0.5) is 4.39 Å².